The Kier molecular flexibility index (Phi) is 7.48. The van der Waals surface area contributed by atoms with Crippen molar-refractivity contribution >= 4 is 5.82 Å². The molecular weight excluding hydrogens is 262 g/mol. The molecule has 0 aliphatic heterocycles. The topological polar surface area (TPSA) is 47.0 Å². The summed E-state index contributed by atoms with van der Waals surface area (Å²) in [6.45, 7) is 14.7. The Hall–Kier alpha value is -1.32. The molecule has 1 heterocycles. The normalized spacial score (nSPS) is 11.5. The fourth-order valence-electron chi connectivity index (χ4n) is 1.83. The van der Waals surface area contributed by atoms with Gasteiger partial charge in [-0.05, 0) is 24.2 Å². The van der Waals surface area contributed by atoms with Crippen molar-refractivity contribution in [2.45, 2.75) is 54.4 Å². The molecule has 120 valence electrons. The van der Waals surface area contributed by atoms with Crippen LogP contribution in [0.1, 0.15) is 53.8 Å². The van der Waals surface area contributed by atoms with E-state index in [2.05, 4.69) is 56.8 Å². The second-order valence-corrected chi connectivity index (χ2v) is 6.92. The monoisotopic (exact) mass is 293 g/mol. The molecule has 1 aromatic heterocycles. The Balaban J connectivity index is 2.76. The first kappa shape index (κ1) is 17.7. The van der Waals surface area contributed by atoms with E-state index in [9.17, 15) is 0 Å². The van der Waals surface area contributed by atoms with Crippen LogP contribution in [0.5, 0.6) is 5.88 Å². The van der Waals surface area contributed by atoms with Gasteiger partial charge in [-0.2, -0.15) is 4.98 Å². The highest BCUT2D eigenvalue weighted by molar-refractivity contribution is 5.38. The van der Waals surface area contributed by atoms with Crippen LogP contribution in [0, 0.1) is 17.8 Å². The molecule has 0 aliphatic carbocycles. The second-order valence-electron chi connectivity index (χ2n) is 6.92. The molecular formula is C17H31N3O. The lowest BCUT2D eigenvalue weighted by Gasteiger charge is -2.13. The summed E-state index contributed by atoms with van der Waals surface area (Å²) in [6.07, 6.45) is 2.00. The predicted molar refractivity (Wildman–Crippen MR) is 88.9 cm³/mol. The molecule has 0 radical (unpaired) electrons. The van der Waals surface area contributed by atoms with Crippen LogP contribution in [0.4, 0.5) is 5.82 Å². The van der Waals surface area contributed by atoms with Gasteiger partial charge < -0.3 is 10.1 Å². The van der Waals surface area contributed by atoms with Crippen molar-refractivity contribution in [2.75, 3.05) is 18.5 Å². The molecule has 0 atom stereocenters. The highest BCUT2D eigenvalue weighted by Gasteiger charge is 2.08. The fourth-order valence-corrected chi connectivity index (χ4v) is 1.83. The minimum absolute atomic E-state index is 0.492. The van der Waals surface area contributed by atoms with Gasteiger partial charge in [0.15, 0.2) is 0 Å². The van der Waals surface area contributed by atoms with Gasteiger partial charge in [-0.25, -0.2) is 4.98 Å². The van der Waals surface area contributed by atoms with E-state index in [1.807, 2.05) is 6.07 Å². The summed E-state index contributed by atoms with van der Waals surface area (Å²) in [5.74, 6) is 4.13. The number of nitrogens with one attached hydrogen (secondary N) is 1. The molecule has 1 aromatic rings. The molecule has 0 aliphatic rings. The number of hydrogen-bond donors (Lipinski definition) is 1. The van der Waals surface area contributed by atoms with Gasteiger partial charge in [-0.15, -0.1) is 0 Å². The Morgan fingerprint density at radius 2 is 1.71 bits per heavy atom. The predicted octanol–water partition coefficient (Wildman–Crippen LogP) is 4.17. The maximum absolute atomic E-state index is 5.77. The van der Waals surface area contributed by atoms with Crippen LogP contribution in [0.25, 0.3) is 0 Å². The van der Waals surface area contributed by atoms with Crippen LogP contribution in [-0.2, 0) is 6.42 Å². The largest absolute Gasteiger partial charge is 0.477 e. The molecule has 0 fully saturated rings. The van der Waals surface area contributed by atoms with Crippen LogP contribution in [0.3, 0.4) is 0 Å². The van der Waals surface area contributed by atoms with Crippen LogP contribution in [0.15, 0.2) is 6.07 Å². The molecule has 0 saturated carbocycles. The van der Waals surface area contributed by atoms with Crippen molar-refractivity contribution in [2.24, 2.45) is 17.8 Å². The summed E-state index contributed by atoms with van der Waals surface area (Å²) in [5.41, 5.74) is 0. The standard InChI is InChI=1S/C17H31N3O/c1-12(2)7-8-18-15-10-17(21-11-14(5)6)20-16(19-15)9-13(3)4/h10,12-14H,7-9,11H2,1-6H3,(H,18,19,20). The number of rotatable bonds is 9. The smallest absolute Gasteiger partial charge is 0.218 e. The minimum Gasteiger partial charge on any atom is -0.477 e. The molecule has 4 heteroatoms. The molecule has 0 bridgehead atoms. The highest BCUT2D eigenvalue weighted by Crippen LogP contribution is 2.17. The van der Waals surface area contributed by atoms with E-state index >= 15 is 0 Å². The van der Waals surface area contributed by atoms with Crippen molar-refractivity contribution < 1.29 is 4.74 Å². The van der Waals surface area contributed by atoms with Crippen LogP contribution in [0.2, 0.25) is 0 Å². The van der Waals surface area contributed by atoms with Crippen molar-refractivity contribution in [3.8, 4) is 5.88 Å². The second kappa shape index (κ2) is 8.85. The average molecular weight is 293 g/mol. The average Bonchev–Trinajstić information content (AvgIpc) is 2.35. The van der Waals surface area contributed by atoms with Gasteiger partial charge in [-0.1, -0.05) is 41.5 Å². The van der Waals surface area contributed by atoms with E-state index in [0.717, 1.165) is 31.0 Å². The van der Waals surface area contributed by atoms with Gasteiger partial charge in [0.25, 0.3) is 0 Å². The third-order valence-electron chi connectivity index (χ3n) is 2.93. The first-order valence-electron chi connectivity index (χ1n) is 8.11. The number of ether oxygens (including phenoxy) is 1. The summed E-state index contributed by atoms with van der Waals surface area (Å²) in [6, 6.07) is 1.91. The summed E-state index contributed by atoms with van der Waals surface area (Å²) < 4.78 is 5.77. The molecule has 1 N–H and O–H groups in total. The van der Waals surface area contributed by atoms with Gasteiger partial charge >= 0.3 is 0 Å². The van der Waals surface area contributed by atoms with E-state index in [0.29, 0.717) is 30.2 Å². The lowest BCUT2D eigenvalue weighted by molar-refractivity contribution is 0.260. The van der Waals surface area contributed by atoms with Gasteiger partial charge in [0.2, 0.25) is 5.88 Å². The van der Waals surface area contributed by atoms with Gasteiger partial charge in [0.05, 0.1) is 6.61 Å². The van der Waals surface area contributed by atoms with Crippen LogP contribution < -0.4 is 10.1 Å². The lowest BCUT2D eigenvalue weighted by atomic mass is 10.1. The summed E-state index contributed by atoms with van der Waals surface area (Å²) in [4.78, 5) is 9.11. The van der Waals surface area contributed by atoms with Gasteiger partial charge in [0, 0.05) is 19.0 Å². The third-order valence-corrected chi connectivity index (χ3v) is 2.93. The first-order chi connectivity index (χ1) is 9.86. The molecule has 1 rings (SSSR count). The van der Waals surface area contributed by atoms with E-state index in [4.69, 9.17) is 4.74 Å². The number of anilines is 1. The zero-order chi connectivity index (χ0) is 15.8. The minimum atomic E-state index is 0.492. The first-order valence-corrected chi connectivity index (χ1v) is 8.11. The molecule has 0 spiro atoms. The van der Waals surface area contributed by atoms with E-state index in [1.54, 1.807) is 0 Å². The van der Waals surface area contributed by atoms with Crippen molar-refractivity contribution in [3.05, 3.63) is 11.9 Å². The SMILES string of the molecule is CC(C)CCNc1cc(OCC(C)C)nc(CC(C)C)n1. The Bertz CT molecular complexity index is 416. The molecule has 0 saturated heterocycles. The highest BCUT2D eigenvalue weighted by atomic mass is 16.5. The number of aromatic nitrogens is 2. The lowest BCUT2D eigenvalue weighted by Crippen LogP contribution is -2.12. The summed E-state index contributed by atoms with van der Waals surface area (Å²) in [7, 11) is 0. The van der Waals surface area contributed by atoms with E-state index in [-0.39, 0.29) is 0 Å². The van der Waals surface area contributed by atoms with Gasteiger partial charge in [-0.3, -0.25) is 0 Å². The summed E-state index contributed by atoms with van der Waals surface area (Å²) in [5, 5.41) is 3.39. The van der Waals surface area contributed by atoms with E-state index in [1.165, 1.54) is 0 Å². The molecule has 0 aromatic carbocycles. The van der Waals surface area contributed by atoms with Crippen molar-refractivity contribution in [3.63, 3.8) is 0 Å². The molecule has 21 heavy (non-hydrogen) atoms. The molecule has 0 amide bonds. The molecule has 0 unspecified atom stereocenters. The quantitative estimate of drug-likeness (QED) is 0.742. The van der Waals surface area contributed by atoms with E-state index < -0.39 is 0 Å². The Morgan fingerprint density at radius 1 is 1.00 bits per heavy atom. The number of hydrogen-bond acceptors (Lipinski definition) is 4. The Labute approximate surface area is 129 Å². The zero-order valence-corrected chi connectivity index (χ0v) is 14.4. The third kappa shape index (κ3) is 7.88. The maximum Gasteiger partial charge on any atom is 0.218 e. The maximum atomic E-state index is 5.77. The van der Waals surface area contributed by atoms with Crippen molar-refractivity contribution in [1.29, 1.82) is 0 Å². The van der Waals surface area contributed by atoms with Crippen LogP contribution in [-0.4, -0.2) is 23.1 Å². The molecule has 4 nitrogen and oxygen atoms in total. The fraction of sp³-hybridized carbons (Fsp3) is 0.765. The number of nitrogens with zero attached hydrogens (tertiary/aromatic N) is 2. The van der Waals surface area contributed by atoms with Gasteiger partial charge in [0.1, 0.15) is 11.6 Å². The van der Waals surface area contributed by atoms with Crippen molar-refractivity contribution in [1.82, 2.24) is 9.97 Å². The Morgan fingerprint density at radius 3 is 2.29 bits per heavy atom. The summed E-state index contributed by atoms with van der Waals surface area (Å²) >= 11 is 0. The van der Waals surface area contributed by atoms with Crippen LogP contribution >= 0.6 is 0 Å². The zero-order valence-electron chi connectivity index (χ0n) is 14.4.